The number of carbonyl (C=O) groups excluding carboxylic acids is 5. The molecule has 10 fully saturated rings. The van der Waals surface area contributed by atoms with E-state index in [1.807, 2.05) is 0 Å². The number of aliphatic hydroxyl groups excluding tert-OH is 26. The van der Waals surface area contributed by atoms with E-state index in [2.05, 4.69) is 26.6 Å². The number of aliphatic carboxylic acids is 2. The van der Waals surface area contributed by atoms with Gasteiger partial charge < -0.3 is 264 Å². The largest absolute Gasteiger partial charge is 0.477 e. The molecule has 0 bridgehead atoms. The Balaban J connectivity index is 0.912. The first kappa shape index (κ1) is 115. The lowest BCUT2D eigenvalue weighted by Crippen LogP contribution is -2.70. The Morgan fingerprint density at radius 3 is 0.928 bits per heavy atom. The van der Waals surface area contributed by atoms with E-state index in [4.69, 9.17) is 94.7 Å². The zero-order valence-corrected chi connectivity index (χ0v) is 74.7. The van der Waals surface area contributed by atoms with E-state index < -0.39 is 438 Å². The predicted octanol–water partition coefficient (Wildman–Crippen LogP) is -21.1. The van der Waals surface area contributed by atoms with Crippen molar-refractivity contribution >= 4 is 41.5 Å². The normalized spacial score (nSPS) is 45.9. The molecule has 62 heteroatoms. The van der Waals surface area contributed by atoms with Crippen LogP contribution in [0.5, 0.6) is 0 Å². The van der Waals surface area contributed by atoms with Gasteiger partial charge in [-0.1, -0.05) is 0 Å². The highest BCUT2D eigenvalue weighted by Gasteiger charge is 2.64. The van der Waals surface area contributed by atoms with Crippen LogP contribution in [0.3, 0.4) is 0 Å². The third kappa shape index (κ3) is 25.8. The van der Waals surface area contributed by atoms with Gasteiger partial charge in [0.25, 0.3) is 11.6 Å². The van der Waals surface area contributed by atoms with Gasteiger partial charge in [0.2, 0.25) is 29.5 Å². The Bertz CT molecular complexity index is 3960. The molecule has 0 aromatic heterocycles. The number of carboxylic acid groups (broad SMARTS) is 2. The summed E-state index contributed by atoms with van der Waals surface area (Å²) < 4.78 is 149. The summed E-state index contributed by atoms with van der Waals surface area (Å²) in [5.41, 5.74) is 0. The van der Waals surface area contributed by atoms with Crippen molar-refractivity contribution in [1.82, 2.24) is 26.6 Å². The molecule has 0 aliphatic carbocycles. The minimum absolute atomic E-state index is 0.815. The van der Waals surface area contributed by atoms with Crippen molar-refractivity contribution in [2.24, 2.45) is 0 Å². The summed E-state index contributed by atoms with van der Waals surface area (Å²) in [4.78, 5) is 89.2. The number of hydrogen-bond donors (Lipinski definition) is 33. The van der Waals surface area contributed by atoms with Crippen LogP contribution in [0.15, 0.2) is 0 Å². The van der Waals surface area contributed by atoms with E-state index in [0.29, 0.717) is 0 Å². The molecule has 139 heavy (non-hydrogen) atoms. The van der Waals surface area contributed by atoms with Crippen molar-refractivity contribution in [3.05, 3.63) is 0 Å². The molecule has 50 unspecified atom stereocenters. The molecular weight excluding hydrogens is 1910 g/mol. The Hall–Kier alpha value is -5.69. The van der Waals surface area contributed by atoms with Gasteiger partial charge in [0.1, 0.15) is 220 Å². The van der Waals surface area contributed by atoms with Crippen molar-refractivity contribution in [1.29, 1.82) is 0 Å². The topological polar surface area (TPSA) is 931 Å². The molecule has 52 atom stereocenters. The van der Waals surface area contributed by atoms with Gasteiger partial charge >= 0.3 is 11.9 Å². The quantitative estimate of drug-likeness (QED) is 0.0271. The van der Waals surface area contributed by atoms with E-state index in [1.54, 1.807) is 0 Å². The lowest BCUT2D eigenvalue weighted by Gasteiger charge is -2.51. The molecule has 33 N–H and O–H groups in total. The molecule has 10 aliphatic heterocycles. The average Bonchev–Trinajstić information content (AvgIpc) is 0.764. The summed E-state index contributed by atoms with van der Waals surface area (Å²) in [5, 5.41) is 324. The number of ether oxygens (including phenoxy) is 20. The lowest BCUT2D eigenvalue weighted by atomic mass is 9.89. The first-order chi connectivity index (χ1) is 65.4. The summed E-state index contributed by atoms with van der Waals surface area (Å²) in [6.07, 6.45) is -105. The number of methoxy groups -OCH3 is 1. The van der Waals surface area contributed by atoms with Crippen LogP contribution >= 0.6 is 0 Å². The van der Waals surface area contributed by atoms with Gasteiger partial charge in [0, 0.05) is 54.6 Å². The predicted molar refractivity (Wildman–Crippen MR) is 425 cm³/mol. The summed E-state index contributed by atoms with van der Waals surface area (Å²) in [6, 6.07) is -9.43. The van der Waals surface area contributed by atoms with E-state index in [9.17, 15) is 177 Å². The Labute approximate surface area is 784 Å². The maximum atomic E-state index is 15.8. The van der Waals surface area contributed by atoms with Crippen LogP contribution in [-0.2, 0) is 128 Å². The highest BCUT2D eigenvalue weighted by molar-refractivity contribution is 5.78. The van der Waals surface area contributed by atoms with Gasteiger partial charge in [0.05, 0.1) is 90.4 Å². The minimum Gasteiger partial charge on any atom is -0.477 e. The second-order valence-electron chi connectivity index (χ2n) is 34.8. The number of carbonyl (C=O) groups is 7. The number of aliphatic hydroxyl groups is 26. The van der Waals surface area contributed by atoms with Crippen molar-refractivity contribution < 1.29 is 280 Å². The van der Waals surface area contributed by atoms with Crippen LogP contribution in [0.4, 0.5) is 8.78 Å². The molecule has 0 aromatic rings. The Morgan fingerprint density at radius 2 is 0.597 bits per heavy atom. The summed E-state index contributed by atoms with van der Waals surface area (Å²) >= 11 is 0. The molecule has 0 radical (unpaired) electrons. The van der Waals surface area contributed by atoms with Crippen molar-refractivity contribution in [2.45, 2.75) is 366 Å². The molecule has 0 aromatic carbocycles. The number of nitrogens with one attached hydrogen (secondary N) is 5. The Kier molecular flexibility index (Phi) is 41.2. The molecule has 0 spiro atoms. The molecule has 802 valence electrons. The fourth-order valence-electron chi connectivity index (χ4n) is 17.7. The van der Waals surface area contributed by atoms with Crippen molar-refractivity contribution in [3.63, 3.8) is 0 Å². The van der Waals surface area contributed by atoms with E-state index in [-0.39, 0.29) is 0 Å². The number of amides is 5. The molecule has 10 saturated heterocycles. The van der Waals surface area contributed by atoms with Crippen LogP contribution in [-0.4, -0.2) is 576 Å². The fourth-order valence-corrected chi connectivity index (χ4v) is 17.7. The number of alkyl halides is 2. The van der Waals surface area contributed by atoms with E-state index >= 15 is 8.78 Å². The number of rotatable bonds is 40. The molecule has 60 nitrogen and oxygen atoms in total. The highest BCUT2D eigenvalue weighted by Crippen LogP contribution is 2.43. The van der Waals surface area contributed by atoms with E-state index in [1.165, 1.54) is 0 Å². The maximum Gasteiger partial charge on any atom is 0.364 e. The minimum atomic E-state index is -3.19. The monoisotopic (exact) mass is 2040 g/mol. The zero-order valence-electron chi connectivity index (χ0n) is 74.7. The van der Waals surface area contributed by atoms with Gasteiger partial charge in [-0.15, -0.1) is 0 Å². The van der Waals surface area contributed by atoms with Crippen LogP contribution in [0.1, 0.15) is 47.5 Å². The van der Waals surface area contributed by atoms with Gasteiger partial charge in [-0.3, -0.25) is 24.0 Å². The standard InChI is InChI=1S/C77H125F2N5O55/c1-19(92)80-38-24(97)7-76(74(116)117,138-61(38)36(78)26(99)9-85)122-17-34-45(103)51(109)55(113)69(130-34)132-59-31(14-90)127-67(41(49(59)107)83-22(4)95)136-64-53(111)43(101)28(11-87)124-72(64)121-16-33-47(105)63(57(115)71(129-33)134-58-30(13-89)126-66(120-6)40(48(58)106)82-21(3)94)135-73-65(54(112)44(102)29(12-88)125-73)137-68-42(84-23(5)96)50(108)60(32(15-91)128-68)133-70-56(114)52(110)46(104)35(131-70)18-123-77(75(118)119)8-25(98)39(81-20(2)93)62(139-77)37(79)27(100)10-86/h24-73,85-91,97-115H,7-18H2,1-6H3,(H,80,92)(H,81,93)(H,82,94)(H,83,95)(H,84,96)(H,116,117)(H,118,119)/t24?,25?,26?,27?,28?,29?,30?,31?,32?,33?,34?,35?,36-,37-,38?,39?,40?,41?,42?,43?,44?,45?,46?,47?,48?,49?,50?,51?,52?,53?,54?,55?,56?,57?,58?,59?,60?,61?,62?,63?,64?,65?,66?,67?,68?,69?,70?,71?,72?,73?,76?,77?/m1/s1. The maximum absolute atomic E-state index is 15.8. The summed E-state index contributed by atoms with van der Waals surface area (Å²) in [5.74, 6) is -15.3. The summed E-state index contributed by atoms with van der Waals surface area (Å²) in [6.45, 7) is -7.91. The first-order valence-corrected chi connectivity index (χ1v) is 43.7. The summed E-state index contributed by atoms with van der Waals surface area (Å²) in [7, 11) is 1.07. The third-order valence-electron chi connectivity index (χ3n) is 24.9. The molecule has 10 rings (SSSR count). The third-order valence-corrected chi connectivity index (χ3v) is 24.9. The van der Waals surface area contributed by atoms with Crippen LogP contribution in [0.25, 0.3) is 0 Å². The number of hydrogen-bond acceptors (Lipinski definition) is 53. The molecule has 5 amide bonds. The van der Waals surface area contributed by atoms with Crippen molar-refractivity contribution in [3.8, 4) is 0 Å². The molecule has 10 aliphatic rings. The second-order valence-corrected chi connectivity index (χ2v) is 34.8. The van der Waals surface area contributed by atoms with Crippen LogP contribution in [0, 0.1) is 0 Å². The zero-order chi connectivity index (χ0) is 103. The number of carboxylic acids is 2. The average molecular weight is 2040 g/mol. The van der Waals surface area contributed by atoms with Crippen LogP contribution in [0.2, 0.25) is 0 Å². The number of halogens is 2. The second kappa shape index (κ2) is 49.7. The van der Waals surface area contributed by atoms with Crippen molar-refractivity contribution in [2.75, 3.05) is 73.2 Å². The van der Waals surface area contributed by atoms with Gasteiger partial charge in [-0.2, -0.15) is 0 Å². The first-order valence-electron chi connectivity index (χ1n) is 43.7. The lowest BCUT2D eigenvalue weighted by molar-refractivity contribution is -0.398. The molecule has 0 saturated carbocycles. The Morgan fingerprint density at radius 1 is 0.317 bits per heavy atom. The highest BCUT2D eigenvalue weighted by atomic mass is 19.1. The fraction of sp³-hybridized carbons (Fsp3) is 0.909. The SMILES string of the molecule is COC1OC(CO)C(OC2OC(COC3OC(CO)C(O)C(O)C3OC3OC(CO)C(OC4OC(COC5(C(=O)O)CC(O)C(NC(C)=O)C([C@H](F)C(O)CO)O5)C(O)C(O)C4O)C(O)C3NC(C)=O)C(O)C(OC3OC(CO)C(O)C(O)C3OC3OC(CO)C(OC4OC(COC5(C(=O)O)CC(O)C(NC(C)=O)C([C@H](F)C(O)CO)O5)C(O)C(O)C4O)C(O)C3NC(C)=O)C2O)C(O)C1NC(C)=O. The van der Waals surface area contributed by atoms with Gasteiger partial charge in [-0.25, -0.2) is 18.4 Å². The molecule has 10 heterocycles. The van der Waals surface area contributed by atoms with Crippen LogP contribution < -0.4 is 26.6 Å². The smallest absolute Gasteiger partial charge is 0.364 e. The van der Waals surface area contributed by atoms with E-state index in [0.717, 1.165) is 41.7 Å². The van der Waals surface area contributed by atoms with Gasteiger partial charge in [0.15, 0.2) is 62.7 Å². The molecular formula is C77H125F2N5O55. The van der Waals surface area contributed by atoms with Gasteiger partial charge in [-0.05, 0) is 0 Å².